The van der Waals surface area contributed by atoms with Crippen LogP contribution in [0.1, 0.15) is 32.3 Å². The molecule has 0 fully saturated rings. The second-order valence-corrected chi connectivity index (χ2v) is 9.44. The minimum Gasteiger partial charge on any atom is -0.480 e. The molecule has 0 heterocycles. The van der Waals surface area contributed by atoms with Gasteiger partial charge in [0.1, 0.15) is 18.1 Å². The standard InChI is InChI=1S/C23H36N4O5S2/c1-4-14(2)19(22(30)25-17(23(31)32)10-11-34-3)27-21(29)18(13-33)26-20(28)16(24)12-15-8-6-5-7-9-15/h5-9,14,16-19,33H,4,10-13,24H2,1-3H3,(H,25,30)(H,26,28)(H,27,29)(H,31,32). The van der Waals surface area contributed by atoms with Crippen molar-refractivity contribution >= 4 is 48.1 Å². The fraction of sp³-hybridized carbons (Fsp3) is 0.565. The van der Waals surface area contributed by atoms with E-state index < -0.39 is 47.9 Å². The third-order valence-electron chi connectivity index (χ3n) is 5.47. The maximum absolute atomic E-state index is 12.9. The molecule has 9 nitrogen and oxygen atoms in total. The van der Waals surface area contributed by atoms with Crippen molar-refractivity contribution < 1.29 is 24.3 Å². The van der Waals surface area contributed by atoms with Crippen LogP contribution in [-0.2, 0) is 25.6 Å². The third-order valence-corrected chi connectivity index (χ3v) is 6.48. The molecule has 0 bridgehead atoms. The van der Waals surface area contributed by atoms with E-state index in [9.17, 15) is 24.3 Å². The minimum atomic E-state index is -1.13. The molecule has 0 aliphatic carbocycles. The summed E-state index contributed by atoms with van der Waals surface area (Å²) in [6, 6.07) is 5.37. The molecule has 1 rings (SSSR count). The smallest absolute Gasteiger partial charge is 0.326 e. The monoisotopic (exact) mass is 512 g/mol. The van der Waals surface area contributed by atoms with Crippen LogP contribution in [0.2, 0.25) is 0 Å². The fourth-order valence-electron chi connectivity index (χ4n) is 3.14. The summed E-state index contributed by atoms with van der Waals surface area (Å²) in [5.41, 5.74) is 6.89. The summed E-state index contributed by atoms with van der Waals surface area (Å²) in [5, 5.41) is 17.2. The molecule has 0 radical (unpaired) electrons. The van der Waals surface area contributed by atoms with E-state index in [0.717, 1.165) is 5.56 Å². The van der Waals surface area contributed by atoms with Crippen LogP contribution in [-0.4, -0.2) is 70.7 Å². The lowest BCUT2D eigenvalue weighted by molar-refractivity contribution is -0.142. The highest BCUT2D eigenvalue weighted by atomic mass is 32.2. The van der Waals surface area contributed by atoms with Crippen LogP contribution >= 0.6 is 24.4 Å². The topological polar surface area (TPSA) is 151 Å². The van der Waals surface area contributed by atoms with Gasteiger partial charge in [0.2, 0.25) is 17.7 Å². The molecule has 190 valence electrons. The Hall–Kier alpha value is -2.24. The molecular weight excluding hydrogens is 476 g/mol. The van der Waals surface area contributed by atoms with Crippen molar-refractivity contribution in [3.05, 3.63) is 35.9 Å². The molecule has 0 aliphatic heterocycles. The molecule has 11 heteroatoms. The number of hydrogen-bond acceptors (Lipinski definition) is 7. The molecule has 0 aliphatic rings. The summed E-state index contributed by atoms with van der Waals surface area (Å²) in [5.74, 6) is -2.52. The highest BCUT2D eigenvalue weighted by Gasteiger charge is 2.32. The number of carbonyl (C=O) groups is 4. The number of amides is 3. The number of nitrogens with two attached hydrogens (primary N) is 1. The Morgan fingerprint density at radius 1 is 1.03 bits per heavy atom. The second-order valence-electron chi connectivity index (χ2n) is 8.09. The van der Waals surface area contributed by atoms with Gasteiger partial charge in [-0.05, 0) is 36.3 Å². The first-order valence-electron chi connectivity index (χ1n) is 11.2. The molecule has 1 aromatic carbocycles. The number of carboxylic acids is 1. The van der Waals surface area contributed by atoms with Gasteiger partial charge in [-0.2, -0.15) is 24.4 Å². The SMILES string of the molecule is CCC(C)C(NC(=O)C(CS)NC(=O)C(N)Cc1ccccc1)C(=O)NC(CCSC)C(=O)O. The summed E-state index contributed by atoms with van der Waals surface area (Å²) in [7, 11) is 0. The molecule has 0 aromatic heterocycles. The van der Waals surface area contributed by atoms with E-state index >= 15 is 0 Å². The number of carbonyl (C=O) groups excluding carboxylic acids is 3. The van der Waals surface area contributed by atoms with Crippen molar-refractivity contribution in [3.63, 3.8) is 0 Å². The number of thioether (sulfide) groups is 1. The van der Waals surface area contributed by atoms with E-state index in [1.807, 2.05) is 43.5 Å². The molecular formula is C23H36N4O5S2. The molecule has 0 saturated carbocycles. The van der Waals surface area contributed by atoms with Gasteiger partial charge >= 0.3 is 5.97 Å². The molecule has 5 unspecified atom stereocenters. The van der Waals surface area contributed by atoms with Crippen molar-refractivity contribution in [1.29, 1.82) is 0 Å². The van der Waals surface area contributed by atoms with Gasteiger partial charge in [-0.3, -0.25) is 14.4 Å². The van der Waals surface area contributed by atoms with Gasteiger partial charge in [-0.15, -0.1) is 0 Å². The van der Waals surface area contributed by atoms with Gasteiger partial charge < -0.3 is 26.8 Å². The lowest BCUT2D eigenvalue weighted by Gasteiger charge is -2.27. The number of thiol groups is 1. The Kier molecular flexibility index (Phi) is 13.7. The number of carboxylic acid groups (broad SMARTS) is 1. The summed E-state index contributed by atoms with van der Waals surface area (Å²) < 4.78 is 0. The first kappa shape index (κ1) is 29.8. The second kappa shape index (κ2) is 15.6. The van der Waals surface area contributed by atoms with E-state index in [1.54, 1.807) is 6.92 Å². The predicted molar refractivity (Wildman–Crippen MR) is 138 cm³/mol. The van der Waals surface area contributed by atoms with Crippen LogP contribution in [0.25, 0.3) is 0 Å². The predicted octanol–water partition coefficient (Wildman–Crippen LogP) is 0.824. The van der Waals surface area contributed by atoms with E-state index in [2.05, 4.69) is 28.6 Å². The van der Waals surface area contributed by atoms with Gasteiger partial charge in [-0.1, -0.05) is 50.6 Å². The zero-order chi connectivity index (χ0) is 25.7. The molecule has 0 spiro atoms. The van der Waals surface area contributed by atoms with Crippen LogP contribution in [0.15, 0.2) is 30.3 Å². The molecule has 3 amide bonds. The van der Waals surface area contributed by atoms with Crippen molar-refractivity contribution in [1.82, 2.24) is 16.0 Å². The molecule has 34 heavy (non-hydrogen) atoms. The largest absolute Gasteiger partial charge is 0.480 e. The lowest BCUT2D eigenvalue weighted by Crippen LogP contribution is -2.59. The van der Waals surface area contributed by atoms with Crippen molar-refractivity contribution in [2.24, 2.45) is 11.7 Å². The summed E-state index contributed by atoms with van der Waals surface area (Å²) in [6.07, 6.45) is 2.98. The number of aliphatic carboxylic acids is 1. The van der Waals surface area contributed by atoms with E-state index in [-0.39, 0.29) is 18.1 Å². The average molecular weight is 513 g/mol. The van der Waals surface area contributed by atoms with Crippen molar-refractivity contribution in [2.75, 3.05) is 17.8 Å². The fourth-order valence-corrected chi connectivity index (χ4v) is 3.87. The summed E-state index contributed by atoms with van der Waals surface area (Å²) in [4.78, 5) is 49.9. The number of nitrogens with one attached hydrogen (secondary N) is 3. The lowest BCUT2D eigenvalue weighted by atomic mass is 9.97. The maximum Gasteiger partial charge on any atom is 0.326 e. The molecule has 6 N–H and O–H groups in total. The quantitative estimate of drug-likeness (QED) is 0.190. The highest BCUT2D eigenvalue weighted by Crippen LogP contribution is 2.10. The van der Waals surface area contributed by atoms with Crippen LogP contribution in [0.3, 0.4) is 0 Å². The Bertz CT molecular complexity index is 812. The van der Waals surface area contributed by atoms with Crippen LogP contribution < -0.4 is 21.7 Å². The van der Waals surface area contributed by atoms with Gasteiger partial charge in [0.25, 0.3) is 0 Å². The average Bonchev–Trinajstić information content (AvgIpc) is 2.82. The molecule has 1 aromatic rings. The zero-order valence-electron chi connectivity index (χ0n) is 19.8. The molecule has 0 saturated heterocycles. The zero-order valence-corrected chi connectivity index (χ0v) is 21.5. The van der Waals surface area contributed by atoms with Crippen LogP contribution in [0.5, 0.6) is 0 Å². The summed E-state index contributed by atoms with van der Waals surface area (Å²) in [6.45, 7) is 3.65. The van der Waals surface area contributed by atoms with Gasteiger partial charge in [0.15, 0.2) is 0 Å². The normalized spacial score (nSPS) is 15.3. The van der Waals surface area contributed by atoms with Crippen LogP contribution in [0.4, 0.5) is 0 Å². The van der Waals surface area contributed by atoms with Crippen molar-refractivity contribution in [2.45, 2.75) is 57.3 Å². The van der Waals surface area contributed by atoms with Gasteiger partial charge in [0.05, 0.1) is 6.04 Å². The minimum absolute atomic E-state index is 0.00402. The van der Waals surface area contributed by atoms with Crippen LogP contribution in [0, 0.1) is 5.92 Å². The van der Waals surface area contributed by atoms with Gasteiger partial charge in [-0.25, -0.2) is 4.79 Å². The summed E-state index contributed by atoms with van der Waals surface area (Å²) >= 11 is 5.65. The Balaban J connectivity index is 2.83. The first-order chi connectivity index (χ1) is 16.1. The first-order valence-corrected chi connectivity index (χ1v) is 13.2. The van der Waals surface area contributed by atoms with E-state index in [1.165, 1.54) is 11.8 Å². The van der Waals surface area contributed by atoms with Gasteiger partial charge in [0, 0.05) is 5.75 Å². The number of benzene rings is 1. The highest BCUT2D eigenvalue weighted by molar-refractivity contribution is 7.98. The Labute approximate surface area is 210 Å². The molecule has 5 atom stereocenters. The maximum atomic E-state index is 12.9. The van der Waals surface area contributed by atoms with Crippen molar-refractivity contribution in [3.8, 4) is 0 Å². The Morgan fingerprint density at radius 2 is 1.65 bits per heavy atom. The van der Waals surface area contributed by atoms with E-state index in [0.29, 0.717) is 18.6 Å². The van der Waals surface area contributed by atoms with E-state index in [4.69, 9.17) is 5.73 Å². The number of rotatable bonds is 15. The third kappa shape index (κ3) is 9.94. The Morgan fingerprint density at radius 3 is 2.18 bits per heavy atom. The number of hydrogen-bond donors (Lipinski definition) is 6.